The molecule has 0 spiro atoms. The molecule has 3 atom stereocenters. The van der Waals surface area contributed by atoms with Crippen LogP contribution >= 0.6 is 0 Å². The molecule has 5 rings (SSSR count). The fourth-order valence-corrected chi connectivity index (χ4v) is 5.14. The summed E-state index contributed by atoms with van der Waals surface area (Å²) in [6.07, 6.45) is 5.07. The summed E-state index contributed by atoms with van der Waals surface area (Å²) in [6.45, 7) is 4.36. The Morgan fingerprint density at radius 3 is 2.61 bits per heavy atom. The Morgan fingerprint density at radius 1 is 1.03 bits per heavy atom. The van der Waals surface area contributed by atoms with E-state index in [1.807, 2.05) is 23.1 Å². The minimum absolute atomic E-state index is 0.00823. The summed E-state index contributed by atoms with van der Waals surface area (Å²) >= 11 is 0. The van der Waals surface area contributed by atoms with Crippen molar-refractivity contribution in [2.24, 2.45) is 11.8 Å². The van der Waals surface area contributed by atoms with Gasteiger partial charge in [-0.1, -0.05) is 24.3 Å². The zero-order valence-corrected chi connectivity index (χ0v) is 17.3. The summed E-state index contributed by atoms with van der Waals surface area (Å²) in [7, 11) is 0. The molecule has 2 saturated heterocycles. The molecule has 0 radical (unpaired) electrons. The molecule has 1 aromatic carbocycles. The molecule has 154 valence electrons. The fraction of sp³-hybridized carbons (Fsp3) is 0.280. The second-order valence-electron chi connectivity index (χ2n) is 8.31. The summed E-state index contributed by atoms with van der Waals surface area (Å²) in [5.74, 6) is 1.39. The maximum Gasteiger partial charge on any atom is 0.254 e. The minimum Gasteiger partial charge on any atom is -0.355 e. The monoisotopic (exact) mass is 409 g/mol. The highest BCUT2D eigenvalue weighted by Crippen LogP contribution is 2.47. The molecule has 1 amide bonds. The minimum atomic E-state index is -0.00823. The van der Waals surface area contributed by atoms with Crippen LogP contribution in [-0.2, 0) is 0 Å². The lowest BCUT2D eigenvalue weighted by molar-refractivity contribution is 0.0715. The van der Waals surface area contributed by atoms with Crippen LogP contribution in [0.5, 0.6) is 0 Å². The van der Waals surface area contributed by atoms with Gasteiger partial charge in [-0.05, 0) is 42.3 Å². The summed E-state index contributed by atoms with van der Waals surface area (Å²) in [6, 6.07) is 17.8. The van der Waals surface area contributed by atoms with Crippen LogP contribution in [0.2, 0.25) is 0 Å². The first-order chi connectivity index (χ1) is 15.2. The number of amides is 1. The molecule has 0 aliphatic carbocycles. The molecule has 0 N–H and O–H groups in total. The standard InChI is InChI=1S/C25H23N5O/c1-17-5-2-3-7-21(17)23-22-16-29(24-19(13-26)6-4-10-28-24)14-20(22)15-30(23)25(31)18-8-11-27-12-9-18/h2-12,20,22-23H,14-16H2,1H3/t20-,22-,23+/m0/s1. The molecule has 2 aliphatic rings. The lowest BCUT2D eigenvalue weighted by Gasteiger charge is -2.31. The average molecular weight is 409 g/mol. The lowest BCUT2D eigenvalue weighted by Crippen LogP contribution is -2.36. The molecule has 0 saturated carbocycles. The molecule has 3 aromatic rings. The zero-order chi connectivity index (χ0) is 21.4. The second-order valence-corrected chi connectivity index (χ2v) is 8.31. The van der Waals surface area contributed by atoms with Crippen molar-refractivity contribution >= 4 is 11.7 Å². The average Bonchev–Trinajstić information content (AvgIpc) is 3.38. The van der Waals surface area contributed by atoms with Crippen molar-refractivity contribution in [3.05, 3.63) is 89.4 Å². The number of carbonyl (C=O) groups is 1. The molecule has 6 nitrogen and oxygen atoms in total. The normalized spacial score (nSPS) is 22.3. The smallest absolute Gasteiger partial charge is 0.254 e. The van der Waals surface area contributed by atoms with E-state index in [1.165, 1.54) is 11.1 Å². The maximum atomic E-state index is 13.5. The molecule has 2 aliphatic heterocycles. The number of carbonyl (C=O) groups excluding carboxylic acids is 1. The Bertz CT molecular complexity index is 1160. The van der Waals surface area contributed by atoms with E-state index in [1.54, 1.807) is 36.8 Å². The van der Waals surface area contributed by atoms with E-state index in [0.29, 0.717) is 23.6 Å². The van der Waals surface area contributed by atoms with Gasteiger partial charge >= 0.3 is 0 Å². The van der Waals surface area contributed by atoms with Gasteiger partial charge in [0.15, 0.2) is 0 Å². The van der Waals surface area contributed by atoms with Crippen LogP contribution < -0.4 is 4.90 Å². The van der Waals surface area contributed by atoms with Crippen LogP contribution in [0.4, 0.5) is 5.82 Å². The SMILES string of the molecule is Cc1ccccc1[C@@H]1[C@H]2CN(c3ncccc3C#N)C[C@H]2CN1C(=O)c1ccncc1. The predicted molar refractivity (Wildman–Crippen MR) is 117 cm³/mol. The van der Waals surface area contributed by atoms with Gasteiger partial charge in [-0.15, -0.1) is 0 Å². The quantitative estimate of drug-likeness (QED) is 0.661. The van der Waals surface area contributed by atoms with Crippen LogP contribution in [0.15, 0.2) is 67.1 Å². The van der Waals surface area contributed by atoms with Gasteiger partial charge in [0.05, 0.1) is 11.6 Å². The molecule has 0 unspecified atom stereocenters. The van der Waals surface area contributed by atoms with E-state index in [-0.39, 0.29) is 17.9 Å². The summed E-state index contributed by atoms with van der Waals surface area (Å²) < 4.78 is 0. The van der Waals surface area contributed by atoms with E-state index >= 15 is 0 Å². The van der Waals surface area contributed by atoms with E-state index in [2.05, 4.69) is 40.0 Å². The summed E-state index contributed by atoms with van der Waals surface area (Å²) in [5, 5.41) is 9.51. The number of nitrogens with zero attached hydrogens (tertiary/aromatic N) is 5. The zero-order valence-electron chi connectivity index (χ0n) is 17.3. The van der Waals surface area contributed by atoms with Crippen LogP contribution in [0, 0.1) is 30.1 Å². The maximum absolute atomic E-state index is 13.5. The van der Waals surface area contributed by atoms with Crippen molar-refractivity contribution in [2.75, 3.05) is 24.5 Å². The number of aryl methyl sites for hydroxylation is 1. The van der Waals surface area contributed by atoms with Gasteiger partial charge in [0.25, 0.3) is 5.91 Å². The molecular formula is C25H23N5O. The van der Waals surface area contributed by atoms with Crippen LogP contribution in [0.1, 0.15) is 33.1 Å². The molecule has 0 bridgehead atoms. The van der Waals surface area contributed by atoms with Crippen LogP contribution in [0.25, 0.3) is 0 Å². The van der Waals surface area contributed by atoms with Crippen LogP contribution in [0.3, 0.4) is 0 Å². The van der Waals surface area contributed by atoms with Crippen LogP contribution in [-0.4, -0.2) is 40.4 Å². The highest BCUT2D eigenvalue weighted by molar-refractivity contribution is 5.94. The van der Waals surface area contributed by atoms with E-state index in [9.17, 15) is 10.1 Å². The molecule has 2 aromatic heterocycles. The third-order valence-corrected chi connectivity index (χ3v) is 6.57. The van der Waals surface area contributed by atoms with E-state index in [0.717, 1.165) is 18.9 Å². The van der Waals surface area contributed by atoms with Gasteiger partial charge in [0.1, 0.15) is 11.9 Å². The van der Waals surface area contributed by atoms with Crippen molar-refractivity contribution in [1.82, 2.24) is 14.9 Å². The summed E-state index contributed by atoms with van der Waals surface area (Å²) in [4.78, 5) is 26.2. The fourth-order valence-electron chi connectivity index (χ4n) is 5.14. The summed E-state index contributed by atoms with van der Waals surface area (Å²) in [5.41, 5.74) is 3.65. The largest absolute Gasteiger partial charge is 0.355 e. The van der Waals surface area contributed by atoms with E-state index < -0.39 is 0 Å². The van der Waals surface area contributed by atoms with Gasteiger partial charge in [-0.25, -0.2) is 4.98 Å². The first kappa shape index (κ1) is 19.3. The highest BCUT2D eigenvalue weighted by Gasteiger charge is 2.50. The van der Waals surface area contributed by atoms with Gasteiger partial charge in [-0.2, -0.15) is 5.26 Å². The van der Waals surface area contributed by atoms with E-state index in [4.69, 9.17) is 0 Å². The van der Waals surface area contributed by atoms with Crippen molar-refractivity contribution in [1.29, 1.82) is 5.26 Å². The Balaban J connectivity index is 1.51. The van der Waals surface area contributed by atoms with Crippen molar-refractivity contribution in [2.45, 2.75) is 13.0 Å². The van der Waals surface area contributed by atoms with Crippen molar-refractivity contribution < 1.29 is 4.79 Å². The number of fused-ring (bicyclic) bond motifs is 1. The van der Waals surface area contributed by atoms with Gasteiger partial charge < -0.3 is 9.80 Å². The van der Waals surface area contributed by atoms with Crippen molar-refractivity contribution in [3.63, 3.8) is 0 Å². The number of aromatic nitrogens is 2. The molecular weight excluding hydrogens is 386 g/mol. The molecule has 31 heavy (non-hydrogen) atoms. The number of benzene rings is 1. The number of nitriles is 1. The Labute approximate surface area is 181 Å². The Kier molecular flexibility index (Phi) is 4.87. The molecule has 4 heterocycles. The number of rotatable bonds is 3. The number of hydrogen-bond acceptors (Lipinski definition) is 5. The Hall–Kier alpha value is -3.72. The van der Waals surface area contributed by atoms with Gasteiger partial charge in [-0.3, -0.25) is 9.78 Å². The number of likely N-dealkylation sites (tertiary alicyclic amines) is 1. The number of anilines is 1. The second kappa shape index (κ2) is 7.84. The van der Waals surface area contributed by atoms with Gasteiger partial charge in [0, 0.05) is 55.6 Å². The first-order valence-electron chi connectivity index (χ1n) is 10.5. The highest BCUT2D eigenvalue weighted by atomic mass is 16.2. The molecule has 6 heteroatoms. The first-order valence-corrected chi connectivity index (χ1v) is 10.5. The third kappa shape index (κ3) is 3.32. The van der Waals surface area contributed by atoms with Gasteiger partial charge in [0.2, 0.25) is 0 Å². The number of hydrogen-bond donors (Lipinski definition) is 0. The topological polar surface area (TPSA) is 73.1 Å². The lowest BCUT2D eigenvalue weighted by atomic mass is 9.87. The third-order valence-electron chi connectivity index (χ3n) is 6.57. The predicted octanol–water partition coefficient (Wildman–Crippen LogP) is 3.61. The number of pyridine rings is 2. The Morgan fingerprint density at radius 2 is 1.84 bits per heavy atom. The van der Waals surface area contributed by atoms with Crippen molar-refractivity contribution in [3.8, 4) is 6.07 Å². The molecule has 2 fully saturated rings.